The Bertz CT molecular complexity index is 731. The number of rotatable bonds is 1. The van der Waals surface area contributed by atoms with Crippen molar-refractivity contribution in [1.29, 1.82) is 0 Å². The van der Waals surface area contributed by atoms with E-state index in [2.05, 4.69) is 18.2 Å². The molecule has 0 amide bonds. The quantitative estimate of drug-likeness (QED) is 0.803. The Morgan fingerprint density at radius 1 is 1.00 bits per heavy atom. The summed E-state index contributed by atoms with van der Waals surface area (Å²) in [7, 11) is 0. The Kier molecular flexibility index (Phi) is 2.49. The summed E-state index contributed by atoms with van der Waals surface area (Å²) in [6, 6.07) is 8.15. The van der Waals surface area contributed by atoms with E-state index in [4.69, 9.17) is 5.11 Å². The van der Waals surface area contributed by atoms with E-state index in [0.29, 0.717) is 12.0 Å². The van der Waals surface area contributed by atoms with Crippen molar-refractivity contribution in [2.45, 2.75) is 6.42 Å². The lowest BCUT2D eigenvalue weighted by Crippen LogP contribution is -2.22. The Balaban J connectivity index is 2.17. The van der Waals surface area contributed by atoms with Crippen molar-refractivity contribution in [3.8, 4) is 0 Å². The first-order valence-corrected chi connectivity index (χ1v) is 5.86. The standard InChI is InChI=1S/C16H12O2/c17-16(18)15-8-7-13-9-12-4-2-1-3-11(12)5-6-14(13)10-15/h1-9H,10H2,(H,17,18). The molecule has 0 heterocycles. The van der Waals surface area contributed by atoms with Crippen molar-refractivity contribution in [1.82, 2.24) is 0 Å². The lowest BCUT2D eigenvalue weighted by atomic mass is 9.92. The van der Waals surface area contributed by atoms with Crippen molar-refractivity contribution >= 4 is 18.1 Å². The second-order valence-corrected chi connectivity index (χ2v) is 4.43. The van der Waals surface area contributed by atoms with Gasteiger partial charge in [0.25, 0.3) is 0 Å². The molecule has 0 aromatic heterocycles. The van der Waals surface area contributed by atoms with Gasteiger partial charge in [0.1, 0.15) is 0 Å². The molecule has 2 aliphatic rings. The van der Waals surface area contributed by atoms with Crippen LogP contribution in [0.15, 0.2) is 59.2 Å². The monoisotopic (exact) mass is 236 g/mol. The number of allylic oxidation sites excluding steroid dienone is 5. The fraction of sp³-hybridized carbons (Fsp3) is 0.0625. The van der Waals surface area contributed by atoms with Crippen LogP contribution in [0.25, 0.3) is 12.2 Å². The molecular formula is C16H12O2. The highest BCUT2D eigenvalue weighted by Gasteiger charge is 2.15. The van der Waals surface area contributed by atoms with Crippen LogP contribution in [0.1, 0.15) is 6.42 Å². The molecule has 0 unspecified atom stereocenters. The Morgan fingerprint density at radius 2 is 1.78 bits per heavy atom. The summed E-state index contributed by atoms with van der Waals surface area (Å²) in [4.78, 5) is 11.0. The molecule has 0 bridgehead atoms. The van der Waals surface area contributed by atoms with Crippen LogP contribution in [0.4, 0.5) is 0 Å². The van der Waals surface area contributed by atoms with E-state index in [-0.39, 0.29) is 0 Å². The first kappa shape index (κ1) is 10.8. The van der Waals surface area contributed by atoms with Gasteiger partial charge in [-0.1, -0.05) is 48.6 Å². The summed E-state index contributed by atoms with van der Waals surface area (Å²) in [5.41, 5.74) is 2.60. The molecule has 1 aromatic rings. The lowest BCUT2D eigenvalue weighted by molar-refractivity contribution is -0.132. The van der Waals surface area contributed by atoms with Crippen LogP contribution in [0, 0.1) is 0 Å². The number of aliphatic carboxylic acids is 1. The van der Waals surface area contributed by atoms with Crippen LogP contribution in [-0.2, 0) is 4.79 Å². The minimum atomic E-state index is -0.840. The highest BCUT2D eigenvalue weighted by molar-refractivity contribution is 5.89. The first-order chi connectivity index (χ1) is 8.74. The van der Waals surface area contributed by atoms with Gasteiger partial charge in [-0.15, -0.1) is 0 Å². The van der Waals surface area contributed by atoms with Gasteiger partial charge in [0, 0.05) is 12.0 Å². The normalized spacial score (nSPS) is 16.8. The van der Waals surface area contributed by atoms with Gasteiger partial charge in [0.05, 0.1) is 0 Å². The zero-order valence-corrected chi connectivity index (χ0v) is 9.76. The molecule has 2 heteroatoms. The van der Waals surface area contributed by atoms with Gasteiger partial charge in [-0.2, -0.15) is 0 Å². The van der Waals surface area contributed by atoms with Gasteiger partial charge in [0.15, 0.2) is 0 Å². The van der Waals surface area contributed by atoms with E-state index in [0.717, 1.165) is 16.4 Å². The van der Waals surface area contributed by atoms with Gasteiger partial charge in [-0.25, -0.2) is 4.79 Å². The highest BCUT2D eigenvalue weighted by Crippen LogP contribution is 2.26. The minimum Gasteiger partial charge on any atom is -0.478 e. The van der Waals surface area contributed by atoms with Crippen molar-refractivity contribution in [2.24, 2.45) is 0 Å². The predicted octanol–water partition coefficient (Wildman–Crippen LogP) is 1.53. The Morgan fingerprint density at radius 3 is 2.56 bits per heavy atom. The number of carbonyl (C=O) groups is 1. The maximum Gasteiger partial charge on any atom is 0.331 e. The summed E-state index contributed by atoms with van der Waals surface area (Å²) < 4.78 is 0. The fourth-order valence-corrected chi connectivity index (χ4v) is 2.26. The predicted molar refractivity (Wildman–Crippen MR) is 71.1 cm³/mol. The Hall–Kier alpha value is -2.35. The topological polar surface area (TPSA) is 37.3 Å². The van der Waals surface area contributed by atoms with Gasteiger partial charge in [0.2, 0.25) is 0 Å². The van der Waals surface area contributed by atoms with E-state index in [1.54, 1.807) is 6.08 Å². The van der Waals surface area contributed by atoms with Crippen LogP contribution in [0.3, 0.4) is 0 Å². The van der Waals surface area contributed by atoms with Crippen molar-refractivity contribution < 1.29 is 9.90 Å². The number of fused-ring (bicyclic) bond motifs is 2. The second kappa shape index (κ2) is 4.15. The van der Waals surface area contributed by atoms with Gasteiger partial charge in [-0.3, -0.25) is 0 Å². The third-order valence-corrected chi connectivity index (χ3v) is 3.26. The lowest BCUT2D eigenvalue weighted by Gasteiger charge is -2.12. The highest BCUT2D eigenvalue weighted by atomic mass is 16.4. The van der Waals surface area contributed by atoms with Crippen molar-refractivity contribution in [3.05, 3.63) is 69.7 Å². The first-order valence-electron chi connectivity index (χ1n) is 5.86. The summed E-state index contributed by atoms with van der Waals surface area (Å²) in [5, 5.41) is 11.4. The van der Waals surface area contributed by atoms with E-state index in [1.807, 2.05) is 30.4 Å². The molecule has 0 saturated heterocycles. The average molecular weight is 236 g/mol. The minimum absolute atomic E-state index is 0.442. The second-order valence-electron chi connectivity index (χ2n) is 4.43. The number of benzene rings is 1. The maximum absolute atomic E-state index is 11.0. The Labute approximate surface area is 105 Å². The molecule has 3 rings (SSSR count). The zero-order chi connectivity index (χ0) is 12.5. The average Bonchev–Trinajstić information content (AvgIpc) is 2.56. The molecular weight excluding hydrogens is 224 g/mol. The summed E-state index contributed by atoms with van der Waals surface area (Å²) >= 11 is 0. The van der Waals surface area contributed by atoms with E-state index < -0.39 is 5.97 Å². The molecule has 0 spiro atoms. The third kappa shape index (κ3) is 1.82. The smallest absolute Gasteiger partial charge is 0.331 e. The largest absolute Gasteiger partial charge is 0.478 e. The molecule has 0 aliphatic heterocycles. The van der Waals surface area contributed by atoms with Crippen LogP contribution >= 0.6 is 0 Å². The van der Waals surface area contributed by atoms with Gasteiger partial charge < -0.3 is 5.11 Å². The van der Waals surface area contributed by atoms with E-state index in [9.17, 15) is 4.79 Å². The SMILES string of the molecule is O=C(O)C1=CC=C2C=c3ccccc3=CC=C2C1. The van der Waals surface area contributed by atoms with Gasteiger partial charge in [-0.05, 0) is 27.7 Å². The third-order valence-electron chi connectivity index (χ3n) is 3.26. The molecule has 1 aromatic carbocycles. The molecule has 18 heavy (non-hydrogen) atoms. The number of hydrogen-bond donors (Lipinski definition) is 1. The van der Waals surface area contributed by atoms with Gasteiger partial charge >= 0.3 is 5.97 Å². The molecule has 0 fully saturated rings. The maximum atomic E-state index is 11.0. The summed E-state index contributed by atoms with van der Waals surface area (Å²) in [6.45, 7) is 0. The number of carboxylic acid groups (broad SMARTS) is 1. The van der Waals surface area contributed by atoms with E-state index in [1.165, 1.54) is 5.22 Å². The molecule has 0 saturated carbocycles. The number of hydrogen-bond acceptors (Lipinski definition) is 1. The van der Waals surface area contributed by atoms with Crippen molar-refractivity contribution in [2.75, 3.05) is 0 Å². The summed E-state index contributed by atoms with van der Waals surface area (Å²) in [5.74, 6) is -0.840. The van der Waals surface area contributed by atoms with Crippen LogP contribution in [0.2, 0.25) is 0 Å². The van der Waals surface area contributed by atoms with Crippen molar-refractivity contribution in [3.63, 3.8) is 0 Å². The molecule has 0 atom stereocenters. The summed E-state index contributed by atoms with van der Waals surface area (Å²) in [6.07, 6.45) is 10.2. The fourth-order valence-electron chi connectivity index (χ4n) is 2.26. The zero-order valence-electron chi connectivity index (χ0n) is 9.76. The molecule has 2 aliphatic carbocycles. The van der Waals surface area contributed by atoms with Crippen LogP contribution < -0.4 is 10.4 Å². The molecule has 1 N–H and O–H groups in total. The van der Waals surface area contributed by atoms with E-state index >= 15 is 0 Å². The molecule has 0 radical (unpaired) electrons. The molecule has 88 valence electrons. The van der Waals surface area contributed by atoms with Crippen LogP contribution in [0.5, 0.6) is 0 Å². The van der Waals surface area contributed by atoms with Crippen LogP contribution in [-0.4, -0.2) is 11.1 Å². The number of carboxylic acids is 1. The molecule has 2 nitrogen and oxygen atoms in total.